The van der Waals surface area contributed by atoms with E-state index >= 15 is 0 Å². The van der Waals surface area contributed by atoms with Crippen molar-refractivity contribution in [2.45, 2.75) is 19.8 Å². The number of nitrogens with two attached hydrogens (primary N) is 1. The highest BCUT2D eigenvalue weighted by Gasteiger charge is 2.05. The third-order valence-corrected chi connectivity index (χ3v) is 1.60. The number of rotatable bonds is 2. The van der Waals surface area contributed by atoms with E-state index in [1.165, 1.54) is 0 Å². The molecule has 60 valence electrons. The van der Waals surface area contributed by atoms with E-state index in [0.717, 1.165) is 5.69 Å². The molecule has 11 heavy (non-hydrogen) atoms. The van der Waals surface area contributed by atoms with Gasteiger partial charge in [-0.15, -0.1) is 0 Å². The fourth-order valence-electron chi connectivity index (χ4n) is 0.892. The van der Waals surface area contributed by atoms with Gasteiger partial charge in [-0.25, -0.2) is 0 Å². The molecule has 3 heteroatoms. The van der Waals surface area contributed by atoms with Crippen LogP contribution in [0.3, 0.4) is 0 Å². The van der Waals surface area contributed by atoms with Gasteiger partial charge in [0.05, 0.1) is 0 Å². The van der Waals surface area contributed by atoms with Gasteiger partial charge in [0.25, 0.3) is 5.91 Å². The number of nitrogens with one attached hydrogen (secondary N) is 1. The van der Waals surface area contributed by atoms with Gasteiger partial charge in [0.15, 0.2) is 0 Å². The van der Waals surface area contributed by atoms with Crippen LogP contribution in [0.5, 0.6) is 0 Å². The van der Waals surface area contributed by atoms with Crippen LogP contribution in [-0.4, -0.2) is 10.9 Å². The van der Waals surface area contributed by atoms with E-state index < -0.39 is 5.91 Å². The molecule has 1 amide bonds. The Morgan fingerprint density at radius 2 is 2.18 bits per heavy atom. The molecule has 0 saturated heterocycles. The quantitative estimate of drug-likeness (QED) is 0.658. The smallest absolute Gasteiger partial charge is 0.265 e. The molecule has 0 aromatic carbocycles. The van der Waals surface area contributed by atoms with Crippen LogP contribution < -0.4 is 5.73 Å². The largest absolute Gasteiger partial charge is 0.364 e. The highest BCUT2D eigenvalue weighted by molar-refractivity contribution is 5.90. The summed E-state index contributed by atoms with van der Waals surface area (Å²) in [5.74, 6) is 0. The Morgan fingerprint density at radius 3 is 2.45 bits per heavy atom. The molecule has 0 aliphatic rings. The van der Waals surface area contributed by atoms with E-state index in [0.29, 0.717) is 11.6 Å². The van der Waals surface area contributed by atoms with Crippen molar-refractivity contribution in [3.8, 4) is 0 Å². The Kier molecular flexibility index (Phi) is 1.98. The molecule has 1 rings (SSSR count). The molecule has 0 aliphatic carbocycles. The van der Waals surface area contributed by atoms with Crippen molar-refractivity contribution in [3.63, 3.8) is 0 Å². The van der Waals surface area contributed by atoms with Gasteiger partial charge >= 0.3 is 0 Å². The lowest BCUT2D eigenvalue weighted by atomic mass is 10.1. The third kappa shape index (κ3) is 1.61. The van der Waals surface area contributed by atoms with Gasteiger partial charge in [-0.3, -0.25) is 4.79 Å². The van der Waals surface area contributed by atoms with Crippen LogP contribution >= 0.6 is 0 Å². The Hall–Kier alpha value is -1.25. The summed E-state index contributed by atoms with van der Waals surface area (Å²) in [5.41, 5.74) is 6.58. The van der Waals surface area contributed by atoms with Crippen LogP contribution in [0.2, 0.25) is 0 Å². The van der Waals surface area contributed by atoms with Crippen molar-refractivity contribution in [2.24, 2.45) is 5.73 Å². The summed E-state index contributed by atoms with van der Waals surface area (Å²) in [5, 5.41) is 0. The summed E-state index contributed by atoms with van der Waals surface area (Å²) in [6.07, 6.45) is 0. The number of carbonyl (C=O) groups excluding carboxylic acids is 1. The first-order valence-corrected chi connectivity index (χ1v) is 3.60. The molecule has 1 heterocycles. The van der Waals surface area contributed by atoms with E-state index in [-0.39, 0.29) is 0 Å². The fraction of sp³-hybridized carbons (Fsp3) is 0.375. The Morgan fingerprint density at radius 1 is 1.55 bits per heavy atom. The minimum absolute atomic E-state index is 0.406. The van der Waals surface area contributed by atoms with Crippen molar-refractivity contribution < 1.29 is 4.79 Å². The van der Waals surface area contributed by atoms with Crippen molar-refractivity contribution in [1.29, 1.82) is 0 Å². The first-order valence-electron chi connectivity index (χ1n) is 3.60. The van der Waals surface area contributed by atoms with Crippen molar-refractivity contribution in [3.05, 3.63) is 23.5 Å². The predicted molar refractivity (Wildman–Crippen MR) is 43.4 cm³/mol. The maximum atomic E-state index is 10.6. The molecule has 0 saturated carbocycles. The average Bonchev–Trinajstić information content (AvgIpc) is 2.33. The third-order valence-electron chi connectivity index (χ3n) is 1.60. The zero-order chi connectivity index (χ0) is 8.43. The number of carbonyl (C=O) groups is 1. The molecular weight excluding hydrogens is 140 g/mol. The predicted octanol–water partition coefficient (Wildman–Crippen LogP) is 1.24. The second-order valence-electron chi connectivity index (χ2n) is 2.85. The zero-order valence-corrected chi connectivity index (χ0v) is 6.72. The molecule has 0 atom stereocenters. The number of hydrogen-bond acceptors (Lipinski definition) is 1. The number of amides is 1. The molecule has 3 N–H and O–H groups in total. The van der Waals surface area contributed by atoms with E-state index in [1.54, 1.807) is 6.07 Å². The molecular formula is C8H12N2O. The Labute approximate surface area is 65.6 Å². The van der Waals surface area contributed by atoms with Gasteiger partial charge in [-0.1, -0.05) is 13.8 Å². The summed E-state index contributed by atoms with van der Waals surface area (Å²) >= 11 is 0. The molecule has 0 bridgehead atoms. The van der Waals surface area contributed by atoms with Crippen LogP contribution in [0.4, 0.5) is 0 Å². The summed E-state index contributed by atoms with van der Waals surface area (Å²) in [7, 11) is 0. The van der Waals surface area contributed by atoms with E-state index in [4.69, 9.17) is 5.73 Å². The average molecular weight is 152 g/mol. The highest BCUT2D eigenvalue weighted by Crippen LogP contribution is 2.12. The van der Waals surface area contributed by atoms with Gasteiger partial charge in [0, 0.05) is 5.69 Å². The second kappa shape index (κ2) is 2.78. The van der Waals surface area contributed by atoms with Crippen molar-refractivity contribution in [1.82, 2.24) is 4.98 Å². The number of H-pyrrole nitrogens is 1. The molecule has 0 radical (unpaired) electrons. The second-order valence-corrected chi connectivity index (χ2v) is 2.85. The van der Waals surface area contributed by atoms with Crippen LogP contribution in [-0.2, 0) is 0 Å². The Balaban J connectivity index is 2.90. The maximum absolute atomic E-state index is 10.6. The van der Waals surface area contributed by atoms with Gasteiger partial charge in [0.2, 0.25) is 0 Å². The van der Waals surface area contributed by atoms with Gasteiger partial charge < -0.3 is 10.7 Å². The number of hydrogen-bond donors (Lipinski definition) is 2. The zero-order valence-electron chi connectivity index (χ0n) is 6.72. The maximum Gasteiger partial charge on any atom is 0.265 e. The first kappa shape index (κ1) is 7.85. The summed E-state index contributed by atoms with van der Waals surface area (Å²) in [6.45, 7) is 4.10. The summed E-state index contributed by atoms with van der Waals surface area (Å²) in [4.78, 5) is 13.6. The SMILES string of the molecule is CC(C)c1ccc(C(N)=O)[nH]1. The molecule has 0 unspecified atom stereocenters. The standard InChI is InChI=1S/C8H12N2O/c1-5(2)6-3-4-7(10-6)8(9)11/h3-5,10H,1-2H3,(H2,9,11). The molecule has 0 spiro atoms. The lowest BCUT2D eigenvalue weighted by molar-refractivity contribution is 0.0996. The number of aromatic amines is 1. The summed E-state index contributed by atoms with van der Waals surface area (Å²) < 4.78 is 0. The molecule has 1 aromatic rings. The van der Waals surface area contributed by atoms with E-state index in [1.807, 2.05) is 6.07 Å². The van der Waals surface area contributed by atoms with Crippen LogP contribution in [0.25, 0.3) is 0 Å². The van der Waals surface area contributed by atoms with Crippen molar-refractivity contribution >= 4 is 5.91 Å². The minimum Gasteiger partial charge on any atom is -0.364 e. The van der Waals surface area contributed by atoms with E-state index in [2.05, 4.69) is 18.8 Å². The van der Waals surface area contributed by atoms with Gasteiger partial charge in [-0.05, 0) is 18.1 Å². The Bertz CT molecular complexity index is 263. The minimum atomic E-state index is -0.406. The van der Waals surface area contributed by atoms with Crippen LogP contribution in [0.15, 0.2) is 12.1 Å². The monoisotopic (exact) mass is 152 g/mol. The lowest BCUT2D eigenvalue weighted by Gasteiger charge is -1.98. The fourth-order valence-corrected chi connectivity index (χ4v) is 0.892. The lowest BCUT2D eigenvalue weighted by Crippen LogP contribution is -2.11. The van der Waals surface area contributed by atoms with E-state index in [9.17, 15) is 4.79 Å². The van der Waals surface area contributed by atoms with Crippen LogP contribution in [0.1, 0.15) is 35.9 Å². The molecule has 0 aliphatic heterocycles. The first-order chi connectivity index (χ1) is 5.11. The normalized spacial score (nSPS) is 10.5. The topological polar surface area (TPSA) is 58.9 Å². The number of primary amides is 1. The van der Waals surface area contributed by atoms with Crippen molar-refractivity contribution in [2.75, 3.05) is 0 Å². The molecule has 1 aromatic heterocycles. The summed E-state index contributed by atoms with van der Waals surface area (Å²) in [6, 6.07) is 3.59. The molecule has 3 nitrogen and oxygen atoms in total. The number of aromatic nitrogens is 1. The highest BCUT2D eigenvalue weighted by atomic mass is 16.1. The van der Waals surface area contributed by atoms with Crippen LogP contribution in [0, 0.1) is 0 Å². The van der Waals surface area contributed by atoms with Gasteiger partial charge in [0.1, 0.15) is 5.69 Å². The molecule has 0 fully saturated rings. The van der Waals surface area contributed by atoms with Gasteiger partial charge in [-0.2, -0.15) is 0 Å².